The van der Waals surface area contributed by atoms with E-state index in [1.807, 2.05) is 0 Å². The predicted molar refractivity (Wildman–Crippen MR) is 121 cm³/mol. The van der Waals surface area contributed by atoms with Crippen LogP contribution >= 0.6 is 0 Å². The molecular weight excluding hydrogens is 454 g/mol. The second-order valence-corrected chi connectivity index (χ2v) is 10.1. The summed E-state index contributed by atoms with van der Waals surface area (Å²) in [6, 6.07) is 18.2. The number of carbonyl (C=O) groups excluding carboxylic acids is 1. The fourth-order valence-electron chi connectivity index (χ4n) is 2.84. The summed E-state index contributed by atoms with van der Waals surface area (Å²) in [7, 11) is -6.09. The van der Waals surface area contributed by atoms with Gasteiger partial charge in [0, 0.05) is 11.3 Å². The molecule has 168 valence electrons. The minimum atomic E-state index is -3.89. The molecule has 0 aliphatic heterocycles. The van der Waals surface area contributed by atoms with Gasteiger partial charge in [-0.15, -0.1) is 0 Å². The predicted octanol–water partition coefficient (Wildman–Crippen LogP) is 2.54. The van der Waals surface area contributed by atoms with Crippen LogP contribution in [0.3, 0.4) is 0 Å². The number of anilines is 2. The van der Waals surface area contributed by atoms with Crippen LogP contribution in [0.15, 0.2) is 77.7 Å². The standard InChI is InChI=1S/C21H21N3O6S2/c1-30-20-5-3-2-4-19(20)24-32(28,29)18-12-8-16(9-13-18)21(25)23-17-10-6-15(7-11-17)14-31(22,26)27/h2-13,24H,14H2,1H3,(H,23,25)(H2,22,26,27). The van der Waals surface area contributed by atoms with E-state index in [1.54, 1.807) is 48.5 Å². The summed E-state index contributed by atoms with van der Waals surface area (Å²) in [5.41, 5.74) is 1.47. The zero-order valence-corrected chi connectivity index (χ0v) is 18.6. The van der Waals surface area contributed by atoms with Gasteiger partial charge in [-0.3, -0.25) is 9.52 Å². The third-order valence-corrected chi connectivity index (χ3v) is 6.47. The molecule has 0 heterocycles. The first-order valence-corrected chi connectivity index (χ1v) is 12.4. The molecular formula is C21H21N3O6S2. The zero-order chi connectivity index (χ0) is 23.4. The number of ether oxygens (including phenoxy) is 1. The summed E-state index contributed by atoms with van der Waals surface area (Å²) in [6.45, 7) is 0. The van der Waals surface area contributed by atoms with Crippen molar-refractivity contribution in [1.82, 2.24) is 0 Å². The minimum Gasteiger partial charge on any atom is -0.495 e. The van der Waals surface area contributed by atoms with Gasteiger partial charge in [-0.2, -0.15) is 0 Å². The number of primary sulfonamides is 1. The van der Waals surface area contributed by atoms with Crippen LogP contribution < -0.4 is 19.9 Å². The number of hydrogen-bond donors (Lipinski definition) is 3. The van der Waals surface area contributed by atoms with Gasteiger partial charge < -0.3 is 10.1 Å². The van der Waals surface area contributed by atoms with Crippen molar-refractivity contribution in [3.8, 4) is 5.75 Å². The van der Waals surface area contributed by atoms with E-state index in [-0.39, 0.29) is 16.2 Å². The lowest BCUT2D eigenvalue weighted by molar-refractivity contribution is 0.102. The van der Waals surface area contributed by atoms with Crippen molar-refractivity contribution in [2.45, 2.75) is 10.6 Å². The first-order chi connectivity index (χ1) is 15.1. The summed E-state index contributed by atoms with van der Waals surface area (Å²) in [6.07, 6.45) is 0. The van der Waals surface area contributed by atoms with E-state index in [4.69, 9.17) is 9.88 Å². The van der Waals surface area contributed by atoms with Crippen molar-refractivity contribution in [3.05, 3.63) is 83.9 Å². The monoisotopic (exact) mass is 475 g/mol. The number of rotatable bonds is 8. The van der Waals surface area contributed by atoms with E-state index < -0.39 is 26.0 Å². The van der Waals surface area contributed by atoms with Crippen molar-refractivity contribution < 1.29 is 26.4 Å². The number of hydrogen-bond acceptors (Lipinski definition) is 6. The van der Waals surface area contributed by atoms with E-state index >= 15 is 0 Å². The second-order valence-electron chi connectivity index (χ2n) is 6.79. The molecule has 0 fully saturated rings. The summed E-state index contributed by atoms with van der Waals surface area (Å²) >= 11 is 0. The van der Waals surface area contributed by atoms with Gasteiger partial charge in [0.2, 0.25) is 10.0 Å². The Kier molecular flexibility index (Phi) is 6.82. The van der Waals surface area contributed by atoms with Crippen molar-refractivity contribution in [3.63, 3.8) is 0 Å². The maximum Gasteiger partial charge on any atom is 0.262 e. The third kappa shape index (κ3) is 6.06. The Morgan fingerprint density at radius 1 is 0.906 bits per heavy atom. The molecule has 32 heavy (non-hydrogen) atoms. The summed E-state index contributed by atoms with van der Waals surface area (Å²) in [5, 5.41) is 7.67. The molecule has 3 aromatic carbocycles. The highest BCUT2D eigenvalue weighted by Gasteiger charge is 2.17. The van der Waals surface area contributed by atoms with Gasteiger partial charge in [-0.1, -0.05) is 24.3 Å². The lowest BCUT2D eigenvalue weighted by Gasteiger charge is -2.12. The minimum absolute atomic E-state index is 0.0210. The first-order valence-electron chi connectivity index (χ1n) is 9.24. The van der Waals surface area contributed by atoms with Crippen LogP contribution in [0.5, 0.6) is 5.75 Å². The maximum absolute atomic E-state index is 12.7. The summed E-state index contributed by atoms with van der Waals surface area (Å²) in [4.78, 5) is 12.4. The van der Waals surface area contributed by atoms with E-state index in [0.717, 1.165) is 0 Å². The highest BCUT2D eigenvalue weighted by atomic mass is 32.2. The molecule has 0 spiro atoms. The molecule has 0 saturated carbocycles. The quantitative estimate of drug-likeness (QED) is 0.457. The number of nitrogens with two attached hydrogens (primary N) is 1. The van der Waals surface area contributed by atoms with Crippen LogP contribution in [-0.4, -0.2) is 29.9 Å². The Balaban J connectivity index is 1.70. The van der Waals surface area contributed by atoms with Gasteiger partial charge in [-0.05, 0) is 54.1 Å². The molecule has 11 heteroatoms. The maximum atomic E-state index is 12.7. The smallest absolute Gasteiger partial charge is 0.262 e. The highest BCUT2D eigenvalue weighted by Crippen LogP contribution is 2.26. The zero-order valence-electron chi connectivity index (χ0n) is 17.0. The van der Waals surface area contributed by atoms with Crippen LogP contribution in [0.4, 0.5) is 11.4 Å². The summed E-state index contributed by atoms with van der Waals surface area (Å²) < 4.78 is 55.2. The Morgan fingerprint density at radius 3 is 2.12 bits per heavy atom. The number of carbonyl (C=O) groups is 1. The number of sulfonamides is 2. The molecule has 0 bridgehead atoms. The largest absolute Gasteiger partial charge is 0.495 e. The SMILES string of the molecule is COc1ccccc1NS(=O)(=O)c1ccc(C(=O)Nc2ccc(CS(N)(=O)=O)cc2)cc1. The van der Waals surface area contributed by atoms with Crippen LogP contribution in [0.25, 0.3) is 0 Å². The third-order valence-electron chi connectivity index (χ3n) is 4.36. The molecule has 0 atom stereocenters. The first kappa shape index (κ1) is 23.3. The van der Waals surface area contributed by atoms with E-state index in [0.29, 0.717) is 22.7 Å². The summed E-state index contributed by atoms with van der Waals surface area (Å²) in [5.74, 6) is -0.381. The molecule has 0 aromatic heterocycles. The fraction of sp³-hybridized carbons (Fsp3) is 0.0952. The Labute approximate surface area is 186 Å². The molecule has 0 saturated heterocycles. The molecule has 3 rings (SSSR count). The second kappa shape index (κ2) is 9.39. The lowest BCUT2D eigenvalue weighted by atomic mass is 10.2. The number of nitrogens with one attached hydrogen (secondary N) is 2. The normalized spacial score (nSPS) is 11.6. The van der Waals surface area contributed by atoms with Crippen molar-refractivity contribution in [1.29, 1.82) is 0 Å². The molecule has 9 nitrogen and oxygen atoms in total. The van der Waals surface area contributed by atoms with Gasteiger partial charge in [0.1, 0.15) is 5.75 Å². The van der Waals surface area contributed by atoms with Gasteiger partial charge in [0.05, 0.1) is 23.4 Å². The Bertz CT molecular complexity index is 1320. The van der Waals surface area contributed by atoms with Gasteiger partial charge >= 0.3 is 0 Å². The van der Waals surface area contributed by atoms with Crippen molar-refractivity contribution in [2.75, 3.05) is 17.1 Å². The van der Waals surface area contributed by atoms with Crippen LogP contribution in [0.2, 0.25) is 0 Å². The lowest BCUT2D eigenvalue weighted by Crippen LogP contribution is -2.15. The number of amides is 1. The van der Waals surface area contributed by atoms with Crippen molar-refractivity contribution >= 4 is 37.3 Å². The molecule has 3 aromatic rings. The van der Waals surface area contributed by atoms with E-state index in [1.165, 1.54) is 31.4 Å². The topological polar surface area (TPSA) is 145 Å². The molecule has 0 unspecified atom stereocenters. The van der Waals surface area contributed by atoms with E-state index in [2.05, 4.69) is 10.0 Å². The molecule has 1 amide bonds. The van der Waals surface area contributed by atoms with Gasteiger partial charge in [-0.25, -0.2) is 22.0 Å². The average molecular weight is 476 g/mol. The fourth-order valence-corrected chi connectivity index (χ4v) is 4.57. The van der Waals surface area contributed by atoms with Crippen LogP contribution in [0, 0.1) is 0 Å². The van der Waals surface area contributed by atoms with Gasteiger partial charge in [0.25, 0.3) is 15.9 Å². The molecule has 0 radical (unpaired) electrons. The van der Waals surface area contributed by atoms with E-state index in [9.17, 15) is 21.6 Å². The molecule has 0 aliphatic carbocycles. The number of para-hydroxylation sites is 2. The van der Waals surface area contributed by atoms with Crippen LogP contribution in [-0.2, 0) is 25.8 Å². The Morgan fingerprint density at radius 2 is 1.53 bits per heavy atom. The number of methoxy groups -OCH3 is 1. The van der Waals surface area contributed by atoms with Crippen molar-refractivity contribution in [2.24, 2.45) is 5.14 Å². The van der Waals surface area contributed by atoms with Crippen LogP contribution in [0.1, 0.15) is 15.9 Å². The molecule has 0 aliphatic rings. The Hall–Kier alpha value is -3.41. The number of benzene rings is 3. The average Bonchev–Trinajstić information content (AvgIpc) is 2.74. The highest BCUT2D eigenvalue weighted by molar-refractivity contribution is 7.92. The van der Waals surface area contributed by atoms with Gasteiger partial charge in [0.15, 0.2) is 0 Å². The molecule has 4 N–H and O–H groups in total.